The van der Waals surface area contributed by atoms with Crippen molar-refractivity contribution in [1.82, 2.24) is 10.6 Å². The number of likely N-dealkylation sites (N-methyl/N-ethyl adjacent to an activating group) is 2. The van der Waals surface area contributed by atoms with Gasteiger partial charge in [0.25, 0.3) is 0 Å². The largest absolute Gasteiger partial charge is 0.391 e. The van der Waals surface area contributed by atoms with Crippen molar-refractivity contribution in [2.24, 2.45) is 22.9 Å². The van der Waals surface area contributed by atoms with Crippen molar-refractivity contribution in [2.45, 2.75) is 210 Å². The zero-order valence-corrected chi connectivity index (χ0v) is 37.9. The first kappa shape index (κ1) is 55.2. The Kier molecular flexibility index (Phi) is 18.4. The second kappa shape index (κ2) is 22.3. The Hall–Kier alpha value is -1.12. The third-order valence-electron chi connectivity index (χ3n) is 13.7. The van der Waals surface area contributed by atoms with Crippen LogP contribution >= 0.6 is 0 Å². The maximum Gasteiger partial charge on any atom is 0.190 e. The van der Waals surface area contributed by atoms with Crippen molar-refractivity contribution in [3.63, 3.8) is 0 Å². The number of hydrogen-bond donors (Lipinski definition) is 18. The molecule has 28 heteroatoms. The zero-order valence-electron chi connectivity index (χ0n) is 37.9. The minimum atomic E-state index is -1.95. The fourth-order valence-corrected chi connectivity index (χ4v) is 9.85. The first-order chi connectivity index (χ1) is 31.3. The molecule has 29 unspecified atom stereocenters. The van der Waals surface area contributed by atoms with Crippen LogP contribution in [0.25, 0.3) is 0 Å². The van der Waals surface area contributed by atoms with Crippen LogP contribution in [0.15, 0.2) is 0 Å². The molecular weight excluding hydrogens is 904 g/mol. The van der Waals surface area contributed by atoms with Gasteiger partial charge in [-0.15, -0.1) is 0 Å². The monoisotopic (exact) mass is 978 g/mol. The normalized spacial score (nSPS) is 53.9. The molecule has 0 amide bonds. The van der Waals surface area contributed by atoms with Gasteiger partial charge in [-0.05, 0) is 47.7 Å². The molecule has 0 aromatic carbocycles. The highest BCUT2D eigenvalue weighted by molar-refractivity contribution is 5.04. The van der Waals surface area contributed by atoms with Gasteiger partial charge in [0.2, 0.25) is 0 Å². The van der Waals surface area contributed by atoms with Crippen LogP contribution in [0.3, 0.4) is 0 Å². The molecule has 29 atom stereocenters. The molecule has 0 aromatic rings. The van der Waals surface area contributed by atoms with E-state index in [0.29, 0.717) is 0 Å². The molecule has 4 saturated heterocycles. The average Bonchev–Trinajstić information content (AvgIpc) is 3.24. The molecule has 67 heavy (non-hydrogen) atoms. The van der Waals surface area contributed by atoms with E-state index in [1.54, 1.807) is 0 Å². The number of aliphatic hydroxyl groups excluding tert-OH is 10. The molecule has 0 radical (unpaired) electrons. The first-order valence-corrected chi connectivity index (χ1v) is 22.4. The molecule has 2 saturated carbocycles. The summed E-state index contributed by atoms with van der Waals surface area (Å²) in [7, 11) is 3.05. The Morgan fingerprint density at radius 2 is 0.955 bits per heavy atom. The van der Waals surface area contributed by atoms with Crippen molar-refractivity contribution in [3.05, 3.63) is 0 Å². The Morgan fingerprint density at radius 1 is 0.537 bits per heavy atom. The van der Waals surface area contributed by atoms with E-state index in [1.807, 2.05) is 0 Å². The van der Waals surface area contributed by atoms with Crippen LogP contribution in [0.2, 0.25) is 0 Å². The van der Waals surface area contributed by atoms with E-state index in [9.17, 15) is 61.3 Å². The van der Waals surface area contributed by atoms with Gasteiger partial charge in [0.05, 0.1) is 31.4 Å². The van der Waals surface area contributed by atoms with Crippen molar-refractivity contribution < 1.29 is 109 Å². The van der Waals surface area contributed by atoms with E-state index in [-0.39, 0.29) is 26.1 Å². The standard InChI is InChI=1S/C39H74N6O22/c1-11(46)26-19(49)20(50)31(37(62-26)66-30-15(43)7-13(41)28(23(30)53)64-35-25(55)33(45-5)39(3,57)10-59-35)67-60-8-16-17(47)18(48)21(51)36(61-16)65-29-14(42)6-12(40)27(22(29)52)63-34-24(54)32(44-4)38(2,56)9-58-34/h11-37,44-57H,6-10,40-43H2,1-5H3. The van der Waals surface area contributed by atoms with Crippen LogP contribution in [0.5, 0.6) is 0 Å². The Balaban J connectivity index is 1.11. The summed E-state index contributed by atoms with van der Waals surface area (Å²) in [6.07, 6.45) is -33.6. The summed E-state index contributed by atoms with van der Waals surface area (Å²) in [4.78, 5) is 10.9. The van der Waals surface area contributed by atoms with Crippen molar-refractivity contribution in [3.8, 4) is 0 Å². The summed E-state index contributed by atoms with van der Waals surface area (Å²) in [5.74, 6) is 0. The predicted molar refractivity (Wildman–Crippen MR) is 221 cm³/mol. The second-order valence-corrected chi connectivity index (χ2v) is 19.1. The van der Waals surface area contributed by atoms with Gasteiger partial charge in [-0.2, -0.15) is 0 Å². The topological polar surface area (TPSA) is 463 Å². The smallest absolute Gasteiger partial charge is 0.190 e. The molecule has 2 aliphatic carbocycles. The van der Waals surface area contributed by atoms with E-state index in [1.165, 1.54) is 34.9 Å². The first-order valence-electron chi connectivity index (χ1n) is 22.4. The molecule has 28 nitrogen and oxygen atoms in total. The molecule has 392 valence electrons. The number of ether oxygens (including phenoxy) is 8. The van der Waals surface area contributed by atoms with Gasteiger partial charge in [0, 0.05) is 24.2 Å². The molecule has 6 aliphatic rings. The van der Waals surface area contributed by atoms with E-state index in [0.717, 1.165) is 0 Å². The van der Waals surface area contributed by atoms with Crippen molar-refractivity contribution in [1.29, 1.82) is 0 Å². The minimum absolute atomic E-state index is 0.0177. The zero-order chi connectivity index (χ0) is 49.6. The fourth-order valence-electron chi connectivity index (χ4n) is 9.85. The van der Waals surface area contributed by atoms with Gasteiger partial charge in [-0.3, -0.25) is 0 Å². The molecular formula is C39H74N6O22. The summed E-state index contributed by atoms with van der Waals surface area (Å²) in [6.45, 7) is 2.92. The van der Waals surface area contributed by atoms with Gasteiger partial charge in [0.1, 0.15) is 109 Å². The van der Waals surface area contributed by atoms with Crippen LogP contribution in [0.1, 0.15) is 33.6 Å². The third-order valence-corrected chi connectivity index (χ3v) is 13.7. The van der Waals surface area contributed by atoms with Gasteiger partial charge in [-0.1, -0.05) is 0 Å². The lowest BCUT2D eigenvalue weighted by atomic mass is 9.84. The van der Waals surface area contributed by atoms with Crippen LogP contribution in [0.4, 0.5) is 0 Å². The number of rotatable bonds is 15. The van der Waals surface area contributed by atoms with E-state index in [4.69, 9.17) is 70.6 Å². The van der Waals surface area contributed by atoms with Crippen LogP contribution < -0.4 is 33.6 Å². The van der Waals surface area contributed by atoms with E-state index >= 15 is 0 Å². The Bertz CT molecular complexity index is 1570. The summed E-state index contributed by atoms with van der Waals surface area (Å²) >= 11 is 0. The Labute approximate surface area is 386 Å². The number of nitrogens with two attached hydrogens (primary N) is 4. The molecule has 4 heterocycles. The maximum absolute atomic E-state index is 11.6. The lowest BCUT2D eigenvalue weighted by Gasteiger charge is -2.49. The molecule has 4 aliphatic heterocycles. The summed E-state index contributed by atoms with van der Waals surface area (Å²) in [6, 6.07) is -5.66. The predicted octanol–water partition coefficient (Wildman–Crippen LogP) is -10.6. The molecule has 0 spiro atoms. The van der Waals surface area contributed by atoms with E-state index in [2.05, 4.69) is 10.6 Å². The van der Waals surface area contributed by atoms with E-state index < -0.39 is 183 Å². The van der Waals surface area contributed by atoms with Crippen molar-refractivity contribution in [2.75, 3.05) is 33.9 Å². The summed E-state index contributed by atoms with van der Waals surface area (Å²) in [5.41, 5.74) is 22.4. The second-order valence-electron chi connectivity index (χ2n) is 19.1. The lowest BCUT2D eigenvalue weighted by molar-refractivity contribution is -0.427. The van der Waals surface area contributed by atoms with Crippen LogP contribution in [-0.4, -0.2) is 272 Å². The molecule has 22 N–H and O–H groups in total. The molecule has 0 bridgehead atoms. The highest BCUT2D eigenvalue weighted by Gasteiger charge is 2.56. The SMILES string of the molecule is CNC1C(O)C(OC2C(N)CC(N)C(OC3OC(COOC4C(OC5C(N)CC(N)C(OC6OCC(C)(O)C(NC)C6O)C5O)OC(C(C)O)C(O)C4O)C(O)C(O)C3O)C2O)OCC1(C)O. The quantitative estimate of drug-likeness (QED) is 0.0535. The van der Waals surface area contributed by atoms with Crippen LogP contribution in [-0.2, 0) is 47.7 Å². The number of aliphatic hydroxyl groups is 12. The van der Waals surface area contributed by atoms with Crippen LogP contribution in [0, 0.1) is 0 Å². The fraction of sp³-hybridized carbons (Fsp3) is 1.00. The Morgan fingerprint density at radius 3 is 1.37 bits per heavy atom. The molecule has 0 aromatic heterocycles. The highest BCUT2D eigenvalue weighted by atomic mass is 17.2. The number of hydrogen-bond acceptors (Lipinski definition) is 28. The van der Waals surface area contributed by atoms with Gasteiger partial charge < -0.3 is 133 Å². The molecule has 6 rings (SSSR count). The highest BCUT2D eigenvalue weighted by Crippen LogP contribution is 2.35. The van der Waals surface area contributed by atoms with Gasteiger partial charge in [0.15, 0.2) is 31.3 Å². The summed E-state index contributed by atoms with van der Waals surface area (Å²) < 4.78 is 46.7. The van der Waals surface area contributed by atoms with Crippen molar-refractivity contribution >= 4 is 0 Å². The number of nitrogens with one attached hydrogen (secondary N) is 2. The molecule has 6 fully saturated rings. The minimum Gasteiger partial charge on any atom is -0.391 e. The lowest BCUT2D eigenvalue weighted by Crippen LogP contribution is -2.69. The van der Waals surface area contributed by atoms with Gasteiger partial charge >= 0.3 is 0 Å². The summed E-state index contributed by atoms with van der Waals surface area (Å²) in [5, 5.41) is 137. The van der Waals surface area contributed by atoms with Gasteiger partial charge in [-0.25, -0.2) is 9.78 Å². The third kappa shape index (κ3) is 11.6. The average molecular weight is 979 g/mol. The maximum atomic E-state index is 11.6.